The van der Waals surface area contributed by atoms with E-state index in [1.165, 1.54) is 0 Å². The Labute approximate surface area is 124 Å². The maximum atomic E-state index is 6.14. The van der Waals surface area contributed by atoms with Crippen molar-refractivity contribution < 1.29 is 4.74 Å². The smallest absolute Gasteiger partial charge is 0.213 e. The number of aromatic nitrogens is 1. The van der Waals surface area contributed by atoms with Crippen LogP contribution in [0.1, 0.15) is 25.1 Å². The number of benzene rings is 1. The maximum Gasteiger partial charge on any atom is 0.213 e. The van der Waals surface area contributed by atoms with Crippen LogP contribution in [0.25, 0.3) is 0 Å². The van der Waals surface area contributed by atoms with E-state index >= 15 is 0 Å². The van der Waals surface area contributed by atoms with E-state index in [0.29, 0.717) is 30.1 Å². The highest BCUT2D eigenvalue weighted by atomic mass is 35.5. The first kappa shape index (κ1) is 14.8. The van der Waals surface area contributed by atoms with Crippen molar-refractivity contribution >= 4 is 11.6 Å². The molecule has 0 spiro atoms. The molecular formula is C16H19ClN2O. The zero-order valence-electron chi connectivity index (χ0n) is 11.8. The lowest BCUT2D eigenvalue weighted by Gasteiger charge is -2.11. The molecule has 3 nitrogen and oxygen atoms in total. The fourth-order valence-corrected chi connectivity index (χ4v) is 1.87. The number of hydrogen-bond acceptors (Lipinski definition) is 3. The predicted octanol–water partition coefficient (Wildman–Crippen LogP) is 3.81. The predicted molar refractivity (Wildman–Crippen MR) is 82.0 cm³/mol. The monoisotopic (exact) mass is 290 g/mol. The second kappa shape index (κ2) is 7.27. The SMILES string of the molecule is CC(C)NCc1nc(OCc2ccccc2)ccc1Cl. The first-order chi connectivity index (χ1) is 9.65. The highest BCUT2D eigenvalue weighted by molar-refractivity contribution is 6.31. The Kier molecular flexibility index (Phi) is 5.39. The second-order valence-corrected chi connectivity index (χ2v) is 5.30. The lowest BCUT2D eigenvalue weighted by molar-refractivity contribution is 0.292. The van der Waals surface area contributed by atoms with Crippen LogP contribution in [0, 0.1) is 0 Å². The quantitative estimate of drug-likeness (QED) is 0.878. The summed E-state index contributed by atoms with van der Waals surface area (Å²) in [7, 11) is 0. The van der Waals surface area contributed by atoms with Crippen LogP contribution in [0.5, 0.6) is 5.88 Å². The second-order valence-electron chi connectivity index (χ2n) is 4.89. The molecule has 0 saturated heterocycles. The average molecular weight is 291 g/mol. The van der Waals surface area contributed by atoms with Crippen molar-refractivity contribution in [1.82, 2.24) is 10.3 Å². The van der Waals surface area contributed by atoms with Gasteiger partial charge in [-0.05, 0) is 11.6 Å². The first-order valence-corrected chi connectivity index (χ1v) is 7.08. The molecule has 1 aromatic carbocycles. The van der Waals surface area contributed by atoms with Crippen LogP contribution in [0.4, 0.5) is 0 Å². The van der Waals surface area contributed by atoms with Crippen LogP contribution in [-0.2, 0) is 13.2 Å². The van der Waals surface area contributed by atoms with Gasteiger partial charge >= 0.3 is 0 Å². The van der Waals surface area contributed by atoms with Gasteiger partial charge in [0.15, 0.2) is 0 Å². The van der Waals surface area contributed by atoms with E-state index in [2.05, 4.69) is 24.1 Å². The Morgan fingerprint density at radius 1 is 1.15 bits per heavy atom. The van der Waals surface area contributed by atoms with Gasteiger partial charge < -0.3 is 10.1 Å². The first-order valence-electron chi connectivity index (χ1n) is 6.70. The minimum Gasteiger partial charge on any atom is -0.473 e. The third-order valence-corrected chi connectivity index (χ3v) is 3.14. The summed E-state index contributed by atoms with van der Waals surface area (Å²) in [5.41, 5.74) is 1.93. The standard InChI is InChI=1S/C16H19ClN2O/c1-12(2)18-10-15-14(17)8-9-16(19-15)20-11-13-6-4-3-5-7-13/h3-9,12,18H,10-11H2,1-2H3. The van der Waals surface area contributed by atoms with Crippen LogP contribution in [-0.4, -0.2) is 11.0 Å². The molecule has 0 aliphatic heterocycles. The van der Waals surface area contributed by atoms with Crippen LogP contribution >= 0.6 is 11.6 Å². The molecule has 0 aliphatic carbocycles. The molecule has 0 amide bonds. The van der Waals surface area contributed by atoms with Gasteiger partial charge in [-0.15, -0.1) is 0 Å². The molecule has 0 fully saturated rings. The van der Waals surface area contributed by atoms with Crippen LogP contribution in [0.2, 0.25) is 5.02 Å². The van der Waals surface area contributed by atoms with Crippen molar-refractivity contribution in [2.75, 3.05) is 0 Å². The Morgan fingerprint density at radius 2 is 1.90 bits per heavy atom. The summed E-state index contributed by atoms with van der Waals surface area (Å²) in [5.74, 6) is 0.596. The van der Waals surface area contributed by atoms with Crippen molar-refractivity contribution in [1.29, 1.82) is 0 Å². The number of nitrogens with zero attached hydrogens (tertiary/aromatic N) is 1. The van der Waals surface area contributed by atoms with E-state index in [9.17, 15) is 0 Å². The van der Waals surface area contributed by atoms with Crippen molar-refractivity contribution in [3.63, 3.8) is 0 Å². The molecule has 1 N–H and O–H groups in total. The average Bonchev–Trinajstić information content (AvgIpc) is 2.46. The molecule has 1 heterocycles. The van der Waals surface area contributed by atoms with Gasteiger partial charge in [0, 0.05) is 18.7 Å². The lowest BCUT2D eigenvalue weighted by Crippen LogP contribution is -2.22. The third kappa shape index (κ3) is 4.51. The Hall–Kier alpha value is -1.58. The van der Waals surface area contributed by atoms with E-state index in [4.69, 9.17) is 16.3 Å². The summed E-state index contributed by atoms with van der Waals surface area (Å²) in [6.45, 7) is 5.32. The maximum absolute atomic E-state index is 6.14. The number of pyridine rings is 1. The molecule has 20 heavy (non-hydrogen) atoms. The summed E-state index contributed by atoms with van der Waals surface area (Å²) in [6.07, 6.45) is 0. The van der Waals surface area contributed by atoms with Gasteiger partial charge in [-0.3, -0.25) is 0 Å². The molecular weight excluding hydrogens is 272 g/mol. The van der Waals surface area contributed by atoms with Crippen molar-refractivity contribution in [3.05, 3.63) is 58.7 Å². The third-order valence-electron chi connectivity index (χ3n) is 2.80. The van der Waals surface area contributed by atoms with Gasteiger partial charge in [0.2, 0.25) is 5.88 Å². The highest BCUT2D eigenvalue weighted by Gasteiger charge is 2.06. The molecule has 1 aromatic heterocycles. The van der Waals surface area contributed by atoms with Gasteiger partial charge in [-0.1, -0.05) is 55.8 Å². The highest BCUT2D eigenvalue weighted by Crippen LogP contribution is 2.19. The van der Waals surface area contributed by atoms with Gasteiger partial charge in [0.05, 0.1) is 10.7 Å². The fraction of sp³-hybridized carbons (Fsp3) is 0.312. The van der Waals surface area contributed by atoms with Gasteiger partial charge in [0.25, 0.3) is 0 Å². The Morgan fingerprint density at radius 3 is 2.60 bits per heavy atom. The van der Waals surface area contributed by atoms with E-state index < -0.39 is 0 Å². The Balaban J connectivity index is 2.00. The van der Waals surface area contributed by atoms with E-state index in [1.54, 1.807) is 6.07 Å². The summed E-state index contributed by atoms with van der Waals surface area (Å²) < 4.78 is 5.70. The molecule has 0 atom stereocenters. The number of halogens is 1. The number of hydrogen-bond donors (Lipinski definition) is 1. The van der Waals surface area contributed by atoms with Crippen molar-refractivity contribution in [3.8, 4) is 5.88 Å². The minimum atomic E-state index is 0.391. The van der Waals surface area contributed by atoms with Crippen LogP contribution in [0.15, 0.2) is 42.5 Å². The molecule has 0 saturated carbocycles. The van der Waals surface area contributed by atoms with Crippen molar-refractivity contribution in [2.45, 2.75) is 33.0 Å². The summed E-state index contributed by atoms with van der Waals surface area (Å²) >= 11 is 6.14. The molecule has 0 bridgehead atoms. The summed E-state index contributed by atoms with van der Waals surface area (Å²) in [4.78, 5) is 4.44. The summed E-state index contributed by atoms with van der Waals surface area (Å²) in [6, 6.07) is 14.0. The van der Waals surface area contributed by atoms with E-state index in [-0.39, 0.29) is 0 Å². The fourth-order valence-electron chi connectivity index (χ4n) is 1.70. The molecule has 106 valence electrons. The minimum absolute atomic E-state index is 0.391. The van der Waals surface area contributed by atoms with E-state index in [0.717, 1.165) is 11.3 Å². The van der Waals surface area contributed by atoms with Gasteiger partial charge in [0.1, 0.15) is 6.61 Å². The molecule has 0 unspecified atom stereocenters. The normalized spacial score (nSPS) is 10.8. The molecule has 2 rings (SSSR count). The van der Waals surface area contributed by atoms with Crippen molar-refractivity contribution in [2.24, 2.45) is 0 Å². The topological polar surface area (TPSA) is 34.2 Å². The number of ether oxygens (including phenoxy) is 1. The van der Waals surface area contributed by atoms with Crippen LogP contribution < -0.4 is 10.1 Å². The van der Waals surface area contributed by atoms with E-state index in [1.807, 2.05) is 36.4 Å². The molecule has 0 radical (unpaired) electrons. The summed E-state index contributed by atoms with van der Waals surface area (Å²) in [5, 5.41) is 3.96. The Bertz CT molecular complexity index is 543. The van der Waals surface area contributed by atoms with Crippen LogP contribution in [0.3, 0.4) is 0 Å². The molecule has 0 aliphatic rings. The zero-order valence-corrected chi connectivity index (χ0v) is 12.5. The molecule has 4 heteroatoms. The van der Waals surface area contributed by atoms with Gasteiger partial charge in [-0.2, -0.15) is 0 Å². The number of rotatable bonds is 6. The largest absolute Gasteiger partial charge is 0.473 e. The molecule has 2 aromatic rings. The number of nitrogens with one attached hydrogen (secondary N) is 1. The lowest BCUT2D eigenvalue weighted by atomic mass is 10.2. The van der Waals surface area contributed by atoms with Gasteiger partial charge in [-0.25, -0.2) is 4.98 Å². The zero-order chi connectivity index (χ0) is 14.4.